The van der Waals surface area contributed by atoms with Crippen LogP contribution >= 0.6 is 0 Å². The standard InChI is InChI=1S/C26H38O6/c1-12(2)9-16-10-14(4)17-8-7-13(3)19-21(17)20(16)15(5)24(30-6)25(19)32-26-23(29)22(28)18(27)11-31-26/h9,13-14,16-18,22-23,26-29H,7-8,10-11H2,1-6H3/t13-,14-,16-,17+,18?,22?,23?,26-/m0/s1. The number of ether oxygens (including phenoxy) is 3. The maximum Gasteiger partial charge on any atom is 0.229 e. The summed E-state index contributed by atoms with van der Waals surface area (Å²) in [5, 5.41) is 30.5. The molecule has 1 fully saturated rings. The van der Waals surface area contributed by atoms with Crippen molar-refractivity contribution in [3.05, 3.63) is 33.9 Å². The van der Waals surface area contributed by atoms with Gasteiger partial charge in [-0.2, -0.15) is 0 Å². The normalized spacial score (nSPS) is 36.3. The summed E-state index contributed by atoms with van der Waals surface area (Å²) < 4.78 is 17.8. The van der Waals surface area contributed by atoms with Gasteiger partial charge in [0.1, 0.15) is 18.3 Å². The topological polar surface area (TPSA) is 88.4 Å². The molecule has 1 aromatic rings. The average Bonchev–Trinajstić information content (AvgIpc) is 2.73. The molecule has 2 aliphatic carbocycles. The molecule has 1 aliphatic heterocycles. The zero-order valence-corrected chi connectivity index (χ0v) is 20.1. The Hall–Kier alpha value is -1.60. The van der Waals surface area contributed by atoms with Crippen LogP contribution in [0.15, 0.2) is 11.6 Å². The van der Waals surface area contributed by atoms with Crippen LogP contribution in [0, 0.1) is 12.8 Å². The first-order chi connectivity index (χ1) is 15.1. The largest absolute Gasteiger partial charge is 0.493 e. The molecule has 1 saturated heterocycles. The number of rotatable bonds is 4. The minimum Gasteiger partial charge on any atom is -0.493 e. The van der Waals surface area contributed by atoms with E-state index >= 15 is 0 Å². The molecule has 0 radical (unpaired) electrons. The monoisotopic (exact) mass is 446 g/mol. The van der Waals surface area contributed by atoms with Crippen LogP contribution in [0.5, 0.6) is 11.5 Å². The molecule has 4 rings (SSSR count). The molecule has 1 heterocycles. The van der Waals surface area contributed by atoms with Crippen molar-refractivity contribution in [2.45, 2.75) is 96.2 Å². The van der Waals surface area contributed by atoms with Gasteiger partial charge in [0.05, 0.1) is 13.7 Å². The van der Waals surface area contributed by atoms with E-state index in [4.69, 9.17) is 14.2 Å². The van der Waals surface area contributed by atoms with Gasteiger partial charge in [0.25, 0.3) is 0 Å². The molecule has 3 aliphatic rings. The van der Waals surface area contributed by atoms with Crippen molar-refractivity contribution < 1.29 is 29.5 Å². The van der Waals surface area contributed by atoms with Gasteiger partial charge in [-0.1, -0.05) is 25.5 Å². The number of methoxy groups -OCH3 is 1. The fourth-order valence-corrected chi connectivity index (χ4v) is 6.14. The molecule has 178 valence electrons. The highest BCUT2D eigenvalue weighted by Gasteiger charge is 2.44. The van der Waals surface area contributed by atoms with Crippen molar-refractivity contribution in [1.29, 1.82) is 0 Å². The van der Waals surface area contributed by atoms with E-state index in [-0.39, 0.29) is 12.5 Å². The molecule has 32 heavy (non-hydrogen) atoms. The lowest BCUT2D eigenvalue weighted by molar-refractivity contribution is -0.242. The fourth-order valence-electron chi connectivity index (χ4n) is 6.14. The molecule has 1 aromatic carbocycles. The van der Waals surface area contributed by atoms with E-state index in [1.54, 1.807) is 7.11 Å². The number of hydrogen-bond acceptors (Lipinski definition) is 6. The van der Waals surface area contributed by atoms with Crippen LogP contribution in [0.4, 0.5) is 0 Å². The van der Waals surface area contributed by atoms with Crippen LogP contribution in [0.2, 0.25) is 0 Å². The van der Waals surface area contributed by atoms with E-state index in [9.17, 15) is 15.3 Å². The third kappa shape index (κ3) is 3.85. The van der Waals surface area contributed by atoms with Gasteiger partial charge in [-0.25, -0.2) is 0 Å². The lowest BCUT2D eigenvalue weighted by Gasteiger charge is -2.44. The van der Waals surface area contributed by atoms with Gasteiger partial charge in [0.15, 0.2) is 11.5 Å². The second kappa shape index (κ2) is 8.98. The van der Waals surface area contributed by atoms with E-state index in [2.05, 4.69) is 40.7 Å². The molecule has 0 bridgehead atoms. The lowest BCUT2D eigenvalue weighted by atomic mass is 9.62. The molecule has 3 unspecified atom stereocenters. The summed E-state index contributed by atoms with van der Waals surface area (Å²) in [5.74, 6) is 2.92. The van der Waals surface area contributed by atoms with E-state index in [0.717, 1.165) is 30.4 Å². The molecule has 6 nitrogen and oxygen atoms in total. The Morgan fingerprint density at radius 2 is 1.72 bits per heavy atom. The van der Waals surface area contributed by atoms with Crippen LogP contribution in [0.25, 0.3) is 0 Å². The molecule has 3 N–H and O–H groups in total. The summed E-state index contributed by atoms with van der Waals surface area (Å²) in [6.45, 7) is 10.9. The zero-order chi connectivity index (χ0) is 23.3. The first kappa shape index (κ1) is 23.6. The van der Waals surface area contributed by atoms with Crippen LogP contribution in [0.1, 0.15) is 87.0 Å². The van der Waals surface area contributed by atoms with Gasteiger partial charge in [-0.3, -0.25) is 0 Å². The third-order valence-electron chi connectivity index (χ3n) is 7.66. The average molecular weight is 447 g/mol. The maximum absolute atomic E-state index is 10.5. The van der Waals surface area contributed by atoms with Gasteiger partial charge in [0.2, 0.25) is 6.29 Å². The number of allylic oxidation sites excluding steroid dienone is 2. The molecule has 0 aromatic heterocycles. The van der Waals surface area contributed by atoms with Crippen LogP contribution in [0.3, 0.4) is 0 Å². The highest BCUT2D eigenvalue weighted by Crippen LogP contribution is 2.58. The number of benzene rings is 1. The van der Waals surface area contributed by atoms with E-state index in [0.29, 0.717) is 29.3 Å². The van der Waals surface area contributed by atoms with Gasteiger partial charge < -0.3 is 29.5 Å². The summed E-state index contributed by atoms with van der Waals surface area (Å²) in [4.78, 5) is 0. The summed E-state index contributed by atoms with van der Waals surface area (Å²) in [6.07, 6.45) is 0.842. The third-order valence-corrected chi connectivity index (χ3v) is 7.66. The Morgan fingerprint density at radius 3 is 2.38 bits per heavy atom. The Balaban J connectivity index is 1.89. The van der Waals surface area contributed by atoms with E-state index in [1.807, 2.05) is 0 Å². The Kier molecular flexibility index (Phi) is 6.61. The summed E-state index contributed by atoms with van der Waals surface area (Å²) >= 11 is 0. The molecule has 0 saturated carbocycles. The highest BCUT2D eigenvalue weighted by atomic mass is 16.7. The number of aliphatic hydroxyl groups is 3. The van der Waals surface area contributed by atoms with Gasteiger partial charge >= 0.3 is 0 Å². The van der Waals surface area contributed by atoms with Crippen molar-refractivity contribution in [2.24, 2.45) is 5.92 Å². The first-order valence-corrected chi connectivity index (χ1v) is 11.9. The van der Waals surface area contributed by atoms with Crippen LogP contribution in [-0.4, -0.2) is 53.6 Å². The number of aliphatic hydroxyl groups excluding tert-OH is 3. The zero-order valence-electron chi connectivity index (χ0n) is 20.1. The number of hydrogen-bond donors (Lipinski definition) is 3. The maximum atomic E-state index is 10.5. The Morgan fingerprint density at radius 1 is 1.00 bits per heavy atom. The quantitative estimate of drug-likeness (QED) is 0.608. The minimum atomic E-state index is -1.35. The van der Waals surface area contributed by atoms with Crippen LogP contribution in [-0.2, 0) is 4.74 Å². The van der Waals surface area contributed by atoms with E-state index < -0.39 is 24.6 Å². The first-order valence-electron chi connectivity index (χ1n) is 11.9. The second-order valence-electron chi connectivity index (χ2n) is 10.2. The summed E-state index contributed by atoms with van der Waals surface area (Å²) in [5.41, 5.74) is 6.27. The molecular weight excluding hydrogens is 408 g/mol. The fraction of sp³-hybridized carbons (Fsp3) is 0.692. The predicted octanol–water partition coefficient (Wildman–Crippen LogP) is 3.89. The van der Waals surface area contributed by atoms with Gasteiger partial charge in [-0.05, 0) is 74.5 Å². The van der Waals surface area contributed by atoms with E-state index in [1.165, 1.54) is 16.7 Å². The molecule has 8 atom stereocenters. The highest BCUT2D eigenvalue weighted by molar-refractivity contribution is 5.65. The predicted molar refractivity (Wildman–Crippen MR) is 122 cm³/mol. The molecule has 6 heteroatoms. The van der Waals surface area contributed by atoms with Crippen molar-refractivity contribution in [3.8, 4) is 11.5 Å². The summed E-state index contributed by atoms with van der Waals surface area (Å²) in [6, 6.07) is 0. The molecule has 0 spiro atoms. The van der Waals surface area contributed by atoms with Crippen molar-refractivity contribution in [2.75, 3.05) is 13.7 Å². The van der Waals surface area contributed by atoms with Gasteiger partial charge in [-0.15, -0.1) is 0 Å². The van der Waals surface area contributed by atoms with Gasteiger partial charge in [0, 0.05) is 11.5 Å². The Bertz CT molecular complexity index is 889. The lowest BCUT2D eigenvalue weighted by Crippen LogP contribution is -2.54. The van der Waals surface area contributed by atoms with Crippen molar-refractivity contribution >= 4 is 0 Å². The van der Waals surface area contributed by atoms with Crippen molar-refractivity contribution in [3.63, 3.8) is 0 Å². The summed E-state index contributed by atoms with van der Waals surface area (Å²) in [7, 11) is 1.65. The molecular formula is C26H38O6. The Labute approximate surface area is 191 Å². The SMILES string of the molecule is COc1c(C)c2c3c(c1O[C@@H]1OCC(O)C(O)C1O)[C@@H](C)CC[C@@H]3[C@@H](C)C[C@@H]2C=C(C)C. The second-order valence-corrected chi connectivity index (χ2v) is 10.2. The minimum absolute atomic E-state index is 0.0949. The molecule has 0 amide bonds. The smallest absolute Gasteiger partial charge is 0.229 e. The van der Waals surface area contributed by atoms with Crippen molar-refractivity contribution in [1.82, 2.24) is 0 Å². The van der Waals surface area contributed by atoms with Crippen LogP contribution < -0.4 is 9.47 Å².